The maximum Gasteiger partial charge on any atom is 0.315 e. The van der Waals surface area contributed by atoms with E-state index < -0.39 is 13.5 Å². The number of nitrogens with zero attached hydrogens (tertiary/aromatic N) is 2. The Labute approximate surface area is 125 Å². The molecule has 0 radical (unpaired) electrons. The van der Waals surface area contributed by atoms with Gasteiger partial charge in [0.1, 0.15) is 0 Å². The van der Waals surface area contributed by atoms with Crippen molar-refractivity contribution in [1.82, 2.24) is 4.67 Å². The summed E-state index contributed by atoms with van der Waals surface area (Å²) in [6.07, 6.45) is 10.2. The first-order chi connectivity index (χ1) is 10.1. The van der Waals surface area contributed by atoms with Crippen LogP contribution in [0.1, 0.15) is 51.4 Å². The second-order valence-corrected chi connectivity index (χ2v) is 8.87. The van der Waals surface area contributed by atoms with E-state index in [-0.39, 0.29) is 11.8 Å². The van der Waals surface area contributed by atoms with Gasteiger partial charge in [-0.3, -0.25) is 9.97 Å². The molecule has 0 amide bonds. The summed E-state index contributed by atoms with van der Waals surface area (Å²) in [4.78, 5) is 0. The molecule has 1 heterocycles. The zero-order valence-corrected chi connectivity index (χ0v) is 13.1. The first-order valence-corrected chi connectivity index (χ1v) is 9.55. The Morgan fingerprint density at radius 1 is 1.19 bits per heavy atom. The van der Waals surface area contributed by atoms with Crippen LogP contribution < -0.4 is 5.73 Å². The predicted octanol–water partition coefficient (Wildman–Crippen LogP) is 3.00. The van der Waals surface area contributed by atoms with Gasteiger partial charge in [0.25, 0.3) is 0 Å². The van der Waals surface area contributed by atoms with Crippen LogP contribution in [-0.4, -0.2) is 22.4 Å². The van der Waals surface area contributed by atoms with E-state index in [0.717, 1.165) is 49.6 Å². The quantitative estimate of drug-likeness (QED) is 0.255. The Hall–Kier alpha value is -1.05. The molecule has 5 unspecified atom stereocenters. The molecule has 2 saturated carbocycles. The van der Waals surface area contributed by atoms with Crippen molar-refractivity contribution in [1.29, 1.82) is 10.7 Å². The molecule has 0 bridgehead atoms. The van der Waals surface area contributed by atoms with Gasteiger partial charge in [-0.05, 0) is 37.5 Å². The van der Waals surface area contributed by atoms with E-state index in [1.165, 1.54) is 6.42 Å². The Balaban J connectivity index is 1.98. The van der Waals surface area contributed by atoms with Gasteiger partial charge >= 0.3 is 7.52 Å². The molecule has 3 N–H and O–H groups in total. The summed E-state index contributed by atoms with van der Waals surface area (Å²) in [5.41, 5.74) is 5.36. The molecule has 3 rings (SSSR count). The summed E-state index contributed by atoms with van der Waals surface area (Å²) in [6.45, 7) is 0. The molecule has 0 aromatic heterocycles. The second kappa shape index (κ2) is 5.62. The summed E-state index contributed by atoms with van der Waals surface area (Å²) in [5.74, 6) is 0.372. The zero-order chi connectivity index (χ0) is 15.0. The lowest BCUT2D eigenvalue weighted by molar-refractivity contribution is 0.0120. The molecule has 3 fully saturated rings. The molecule has 2 aliphatic carbocycles. The first kappa shape index (κ1) is 14.9. The van der Waals surface area contributed by atoms with E-state index in [4.69, 9.17) is 15.7 Å². The predicted molar refractivity (Wildman–Crippen MR) is 79.5 cm³/mol. The lowest BCUT2D eigenvalue weighted by Crippen LogP contribution is -2.49. The minimum atomic E-state index is -3.38. The van der Waals surface area contributed by atoms with Gasteiger partial charge in [-0.25, -0.2) is 0 Å². The Morgan fingerprint density at radius 2 is 1.81 bits per heavy atom. The van der Waals surface area contributed by atoms with Crippen molar-refractivity contribution < 1.29 is 9.09 Å². The molecule has 1 aliphatic heterocycles. The van der Waals surface area contributed by atoms with Crippen LogP contribution in [-0.2, 0) is 9.09 Å². The number of hydrogen-bond donors (Lipinski definition) is 2. The van der Waals surface area contributed by atoms with Gasteiger partial charge in [-0.15, -0.1) is 0 Å². The average molecular weight is 310 g/mol. The van der Waals surface area contributed by atoms with Gasteiger partial charge in [0.15, 0.2) is 6.19 Å². The standard InChI is InChI=1S/C14H23N4O2P/c15-9-18(14(16)17)21(19)13-8-4-2-6-11(13)10-5-1-3-7-12(10)20-21/h10-13H,1-8H2,(H3,16,17). The van der Waals surface area contributed by atoms with Gasteiger partial charge in [0, 0.05) is 0 Å². The van der Waals surface area contributed by atoms with Gasteiger partial charge < -0.3 is 10.3 Å². The van der Waals surface area contributed by atoms with Crippen LogP contribution in [0, 0.1) is 28.7 Å². The van der Waals surface area contributed by atoms with Crippen LogP contribution in [0.4, 0.5) is 0 Å². The van der Waals surface area contributed by atoms with Crippen molar-refractivity contribution in [2.24, 2.45) is 17.6 Å². The largest absolute Gasteiger partial charge is 0.369 e. The minimum Gasteiger partial charge on any atom is -0.369 e. The number of fused-ring (bicyclic) bond motifs is 3. The fourth-order valence-corrected chi connectivity index (χ4v) is 7.51. The van der Waals surface area contributed by atoms with Gasteiger partial charge in [-0.2, -0.15) is 9.93 Å². The van der Waals surface area contributed by atoms with Crippen LogP contribution in [0.25, 0.3) is 0 Å². The van der Waals surface area contributed by atoms with E-state index in [1.807, 2.05) is 6.19 Å². The topological polar surface area (TPSA) is 103 Å². The smallest absolute Gasteiger partial charge is 0.315 e. The third-order valence-electron chi connectivity index (χ3n) is 5.39. The summed E-state index contributed by atoms with van der Waals surface area (Å²) in [6, 6.07) is 0. The first-order valence-electron chi connectivity index (χ1n) is 7.90. The van der Waals surface area contributed by atoms with E-state index in [9.17, 15) is 9.83 Å². The van der Waals surface area contributed by atoms with Crippen LogP contribution in [0.2, 0.25) is 0 Å². The molecule has 0 aromatic rings. The molecular formula is C14H23N4O2P. The highest BCUT2D eigenvalue weighted by Gasteiger charge is 2.56. The summed E-state index contributed by atoms with van der Waals surface area (Å²) in [5, 5.41) is 16.9. The van der Waals surface area contributed by atoms with Gasteiger partial charge in [0.05, 0.1) is 11.8 Å². The van der Waals surface area contributed by atoms with E-state index >= 15 is 0 Å². The van der Waals surface area contributed by atoms with Crippen molar-refractivity contribution in [3.63, 3.8) is 0 Å². The van der Waals surface area contributed by atoms with Crippen molar-refractivity contribution in [3.05, 3.63) is 0 Å². The molecule has 7 heteroatoms. The summed E-state index contributed by atoms with van der Waals surface area (Å²) >= 11 is 0. The van der Waals surface area contributed by atoms with Crippen LogP contribution >= 0.6 is 7.52 Å². The maximum atomic E-state index is 13.5. The Kier molecular flexibility index (Phi) is 3.98. The van der Waals surface area contributed by atoms with E-state index in [1.54, 1.807) is 0 Å². The van der Waals surface area contributed by atoms with Crippen molar-refractivity contribution in [2.45, 2.75) is 63.1 Å². The Morgan fingerprint density at radius 3 is 2.48 bits per heavy atom. The highest BCUT2D eigenvalue weighted by atomic mass is 31.2. The van der Waals surface area contributed by atoms with Crippen LogP contribution in [0.15, 0.2) is 0 Å². The van der Waals surface area contributed by atoms with Crippen LogP contribution in [0.3, 0.4) is 0 Å². The Bertz CT molecular complexity index is 518. The highest BCUT2D eigenvalue weighted by Crippen LogP contribution is 2.67. The molecular weight excluding hydrogens is 287 g/mol. The second-order valence-electron chi connectivity index (χ2n) is 6.47. The molecule has 116 valence electrons. The molecule has 1 saturated heterocycles. The zero-order valence-electron chi connectivity index (χ0n) is 12.2. The lowest BCUT2D eigenvalue weighted by atomic mass is 9.71. The third-order valence-corrected chi connectivity index (χ3v) is 8.31. The number of nitriles is 1. The fourth-order valence-electron chi connectivity index (χ4n) is 4.52. The molecule has 3 aliphatic rings. The van der Waals surface area contributed by atoms with Gasteiger partial charge in [-0.1, -0.05) is 25.7 Å². The van der Waals surface area contributed by atoms with Crippen molar-refractivity contribution >= 4 is 13.5 Å². The summed E-state index contributed by atoms with van der Waals surface area (Å²) < 4.78 is 20.3. The van der Waals surface area contributed by atoms with Crippen LogP contribution in [0.5, 0.6) is 0 Å². The number of nitrogens with two attached hydrogens (primary N) is 1. The normalized spacial score (nSPS) is 42.2. The molecule has 6 nitrogen and oxygen atoms in total. The SMILES string of the molecule is N#CN(C(=N)N)P1(=O)OC2CCCCC2C2CCCCC21. The number of rotatable bonds is 1. The average Bonchev–Trinajstić information content (AvgIpc) is 2.48. The third kappa shape index (κ3) is 2.37. The van der Waals surface area contributed by atoms with E-state index in [2.05, 4.69) is 0 Å². The number of nitrogens with one attached hydrogen (secondary N) is 1. The number of guanidine groups is 1. The fraction of sp³-hybridized carbons (Fsp3) is 0.857. The highest BCUT2D eigenvalue weighted by molar-refractivity contribution is 7.58. The molecule has 0 spiro atoms. The van der Waals surface area contributed by atoms with Gasteiger partial charge in [0.2, 0.25) is 5.96 Å². The molecule has 5 atom stereocenters. The van der Waals surface area contributed by atoms with Crippen molar-refractivity contribution in [3.8, 4) is 6.19 Å². The molecule has 0 aromatic carbocycles. The summed E-state index contributed by atoms with van der Waals surface area (Å²) in [7, 11) is -3.38. The monoisotopic (exact) mass is 310 g/mol. The van der Waals surface area contributed by atoms with Crippen molar-refractivity contribution in [2.75, 3.05) is 0 Å². The lowest BCUT2D eigenvalue weighted by Gasteiger charge is -2.51. The maximum absolute atomic E-state index is 13.5. The van der Waals surface area contributed by atoms with E-state index in [0.29, 0.717) is 11.8 Å². The number of hydrogen-bond acceptors (Lipinski definition) is 4. The molecule has 21 heavy (non-hydrogen) atoms. The minimum absolute atomic E-state index is 0.0286.